The summed E-state index contributed by atoms with van der Waals surface area (Å²) in [5, 5.41) is 15.4. The molecular weight excluding hydrogens is 485 g/mol. The fourth-order valence-corrected chi connectivity index (χ4v) is 4.54. The molecule has 1 unspecified atom stereocenters. The van der Waals surface area contributed by atoms with Crippen LogP contribution < -0.4 is 15.5 Å². The van der Waals surface area contributed by atoms with E-state index in [2.05, 4.69) is 39.3 Å². The zero-order valence-corrected chi connectivity index (χ0v) is 23.4. The Morgan fingerprint density at radius 1 is 1.34 bits per heavy atom. The number of likely N-dealkylation sites (tertiary alicyclic amines) is 1. The first kappa shape index (κ1) is 28.7. The number of hydrogen-bond acceptors (Lipinski definition) is 8. The van der Waals surface area contributed by atoms with E-state index in [1.54, 1.807) is 18.0 Å². The summed E-state index contributed by atoms with van der Waals surface area (Å²) in [6.45, 7) is 11.1. The van der Waals surface area contributed by atoms with Gasteiger partial charge < -0.3 is 25.2 Å². The molecule has 1 aromatic carbocycles. The van der Waals surface area contributed by atoms with E-state index in [4.69, 9.17) is 10.00 Å². The van der Waals surface area contributed by atoms with Crippen LogP contribution in [-0.4, -0.2) is 59.8 Å². The fraction of sp³-hybridized carbons (Fsp3) is 0.500. The second kappa shape index (κ2) is 12.1. The fourth-order valence-electron chi connectivity index (χ4n) is 4.54. The number of hydrogen-bond donors (Lipinski definition) is 2. The maximum atomic E-state index is 14.5. The Balaban J connectivity index is 2.03. The summed E-state index contributed by atoms with van der Waals surface area (Å²) < 4.78 is 20.0. The minimum atomic E-state index is -0.589. The second-order valence-electron chi connectivity index (χ2n) is 10.4. The number of anilines is 3. The molecule has 1 atom stereocenters. The van der Waals surface area contributed by atoms with Crippen LogP contribution >= 0.6 is 0 Å². The summed E-state index contributed by atoms with van der Waals surface area (Å²) in [6, 6.07) is 6.27. The summed E-state index contributed by atoms with van der Waals surface area (Å²) in [5.41, 5.74) is 2.87. The number of benzene rings is 1. The number of nitriles is 1. The van der Waals surface area contributed by atoms with Gasteiger partial charge in [0.1, 0.15) is 35.5 Å². The lowest BCUT2D eigenvalue weighted by atomic mass is 9.99. The topological polar surface area (TPSA) is 106 Å². The van der Waals surface area contributed by atoms with Crippen LogP contribution in [0.1, 0.15) is 65.0 Å². The average Bonchev–Trinajstić information content (AvgIpc) is 2.87. The predicted molar refractivity (Wildman–Crippen MR) is 148 cm³/mol. The molecule has 1 amide bonds. The van der Waals surface area contributed by atoms with Crippen molar-refractivity contribution in [3.05, 3.63) is 47.0 Å². The van der Waals surface area contributed by atoms with Gasteiger partial charge in [0.2, 0.25) is 0 Å². The van der Waals surface area contributed by atoms with Gasteiger partial charge >= 0.3 is 6.09 Å². The molecule has 2 aromatic rings. The van der Waals surface area contributed by atoms with Gasteiger partial charge in [0, 0.05) is 38.9 Å². The van der Waals surface area contributed by atoms with E-state index in [0.717, 1.165) is 42.6 Å². The van der Waals surface area contributed by atoms with Crippen molar-refractivity contribution in [2.75, 3.05) is 37.4 Å². The van der Waals surface area contributed by atoms with Gasteiger partial charge in [-0.05, 0) is 70.7 Å². The molecular formula is C28H38FN7O2. The van der Waals surface area contributed by atoms with Crippen molar-refractivity contribution >= 4 is 29.1 Å². The molecule has 3 rings (SSSR count). The van der Waals surface area contributed by atoms with Gasteiger partial charge in [-0.3, -0.25) is 0 Å². The number of aromatic nitrogens is 2. The molecule has 2 heterocycles. The predicted octanol–water partition coefficient (Wildman–Crippen LogP) is 5.43. The molecule has 0 bridgehead atoms. The van der Waals surface area contributed by atoms with Crippen LogP contribution in [0.5, 0.6) is 0 Å². The van der Waals surface area contributed by atoms with Crippen molar-refractivity contribution in [1.29, 1.82) is 5.26 Å². The summed E-state index contributed by atoms with van der Waals surface area (Å²) in [7, 11) is 3.62. The highest BCUT2D eigenvalue weighted by Gasteiger charge is 2.30. The van der Waals surface area contributed by atoms with Gasteiger partial charge in [0.25, 0.3) is 0 Å². The maximum Gasteiger partial charge on any atom is 0.407 e. The number of piperidine rings is 1. The zero-order valence-electron chi connectivity index (χ0n) is 23.4. The Kier molecular flexibility index (Phi) is 9.15. The average molecular weight is 524 g/mol. The van der Waals surface area contributed by atoms with Crippen molar-refractivity contribution in [1.82, 2.24) is 20.2 Å². The third-order valence-corrected chi connectivity index (χ3v) is 6.47. The van der Waals surface area contributed by atoms with Crippen LogP contribution in [0.2, 0.25) is 0 Å². The van der Waals surface area contributed by atoms with Gasteiger partial charge in [-0.15, -0.1) is 0 Å². The van der Waals surface area contributed by atoms with Crippen LogP contribution in [0.25, 0.3) is 5.70 Å². The summed E-state index contributed by atoms with van der Waals surface area (Å²) in [6.07, 6.45) is 3.57. The first-order chi connectivity index (χ1) is 18.0. The number of nitrogens with zero attached hydrogens (tertiary/aromatic N) is 5. The van der Waals surface area contributed by atoms with E-state index in [9.17, 15) is 9.18 Å². The Morgan fingerprint density at radius 3 is 2.68 bits per heavy atom. The molecule has 38 heavy (non-hydrogen) atoms. The molecule has 1 aromatic heterocycles. The second-order valence-corrected chi connectivity index (χ2v) is 10.4. The Hall–Kier alpha value is -3.87. The van der Waals surface area contributed by atoms with Crippen molar-refractivity contribution < 1.29 is 13.9 Å². The van der Waals surface area contributed by atoms with E-state index in [-0.39, 0.29) is 11.6 Å². The van der Waals surface area contributed by atoms with Gasteiger partial charge in [0.15, 0.2) is 0 Å². The van der Waals surface area contributed by atoms with Gasteiger partial charge in [-0.1, -0.05) is 6.92 Å². The number of alkyl carbamates (subject to hydrolysis) is 1. The van der Waals surface area contributed by atoms with Gasteiger partial charge in [-0.25, -0.2) is 19.2 Å². The van der Waals surface area contributed by atoms with Crippen molar-refractivity contribution in [2.45, 2.75) is 65.5 Å². The molecule has 0 spiro atoms. The van der Waals surface area contributed by atoms with E-state index < -0.39 is 17.5 Å². The highest BCUT2D eigenvalue weighted by Crippen LogP contribution is 2.38. The number of halogens is 1. The highest BCUT2D eigenvalue weighted by atomic mass is 19.1. The molecule has 0 radical (unpaired) electrons. The lowest BCUT2D eigenvalue weighted by molar-refractivity contribution is 0.0484. The minimum Gasteiger partial charge on any atom is -0.444 e. The van der Waals surface area contributed by atoms with E-state index in [0.29, 0.717) is 23.9 Å². The van der Waals surface area contributed by atoms with Crippen molar-refractivity contribution in [3.8, 4) is 6.07 Å². The summed E-state index contributed by atoms with van der Waals surface area (Å²) in [5.74, 6) is 0.647. The van der Waals surface area contributed by atoms with Gasteiger partial charge in [0.05, 0.1) is 16.8 Å². The smallest absolute Gasteiger partial charge is 0.407 e. The molecule has 1 aliphatic heterocycles. The Bertz CT molecular complexity index is 1230. The molecule has 2 N–H and O–H groups in total. The monoisotopic (exact) mass is 523 g/mol. The highest BCUT2D eigenvalue weighted by molar-refractivity contribution is 5.85. The number of carbonyl (C=O) groups is 1. The molecule has 0 saturated carbocycles. The molecule has 9 nitrogen and oxygen atoms in total. The SMILES string of the molecule is CCC(C)=C(c1c(NC)ncnc1N(C)c1ccc(C#N)c(F)c1)N1CCCC(NC(=O)OC(C)(C)C)C1. The third kappa shape index (κ3) is 6.71. The number of rotatable bonds is 7. The van der Waals surface area contributed by atoms with E-state index in [1.807, 2.05) is 33.9 Å². The van der Waals surface area contributed by atoms with Crippen LogP contribution in [0.15, 0.2) is 30.1 Å². The normalized spacial score (nSPS) is 16.3. The Morgan fingerprint density at radius 2 is 2.08 bits per heavy atom. The van der Waals surface area contributed by atoms with Crippen molar-refractivity contribution in [2.24, 2.45) is 0 Å². The van der Waals surface area contributed by atoms with E-state index >= 15 is 0 Å². The lowest BCUT2D eigenvalue weighted by Gasteiger charge is -2.38. The van der Waals surface area contributed by atoms with Crippen LogP contribution in [-0.2, 0) is 4.74 Å². The van der Waals surface area contributed by atoms with Crippen LogP contribution in [0.4, 0.5) is 26.5 Å². The number of ether oxygens (including phenoxy) is 1. The van der Waals surface area contributed by atoms with Crippen LogP contribution in [0, 0.1) is 17.1 Å². The lowest BCUT2D eigenvalue weighted by Crippen LogP contribution is -2.48. The standard InChI is InChI=1S/C28H38FN7O2/c1-8-18(2)24(36-13-9-10-20(16-36)34-27(37)38-28(3,4)5)23-25(31-6)32-17-33-26(23)35(7)21-12-11-19(15-30)22(29)14-21/h11-12,14,17,20H,8-10,13,16H2,1-7H3,(H,34,37)(H,31,32,33). The number of allylic oxidation sites excluding steroid dienone is 1. The van der Waals surface area contributed by atoms with Crippen molar-refractivity contribution in [3.63, 3.8) is 0 Å². The van der Waals surface area contributed by atoms with Crippen LogP contribution in [0.3, 0.4) is 0 Å². The first-order valence-electron chi connectivity index (χ1n) is 12.9. The number of amides is 1. The van der Waals surface area contributed by atoms with E-state index in [1.165, 1.54) is 18.5 Å². The molecule has 1 fully saturated rings. The summed E-state index contributed by atoms with van der Waals surface area (Å²) in [4.78, 5) is 25.7. The Labute approximate surface area is 224 Å². The third-order valence-electron chi connectivity index (χ3n) is 6.47. The molecule has 204 valence electrons. The maximum absolute atomic E-state index is 14.5. The largest absolute Gasteiger partial charge is 0.444 e. The molecule has 0 aliphatic carbocycles. The number of carbonyl (C=O) groups excluding carboxylic acids is 1. The summed E-state index contributed by atoms with van der Waals surface area (Å²) >= 11 is 0. The molecule has 1 aliphatic rings. The number of nitrogens with one attached hydrogen (secondary N) is 2. The zero-order chi connectivity index (χ0) is 28.0. The van der Waals surface area contributed by atoms with Gasteiger partial charge in [-0.2, -0.15) is 5.26 Å². The molecule has 1 saturated heterocycles. The minimum absolute atomic E-state index is 0.0137. The quantitative estimate of drug-likeness (QED) is 0.495. The molecule has 10 heteroatoms. The first-order valence-corrected chi connectivity index (χ1v) is 12.9.